The Morgan fingerprint density at radius 2 is 2.21 bits per heavy atom. The molecule has 8 heteroatoms. The number of nitrogens with one attached hydrogen (secondary N) is 1. The van der Waals surface area contributed by atoms with Crippen LogP contribution in [0.15, 0.2) is 28.6 Å². The van der Waals surface area contributed by atoms with Gasteiger partial charge in [0, 0.05) is 11.4 Å². The van der Waals surface area contributed by atoms with Crippen molar-refractivity contribution in [2.75, 3.05) is 5.73 Å². The summed E-state index contributed by atoms with van der Waals surface area (Å²) in [5.74, 6) is 0. The monoisotopic (exact) mass is 317 g/mol. The van der Waals surface area contributed by atoms with Gasteiger partial charge in [0.15, 0.2) is 0 Å². The lowest BCUT2D eigenvalue weighted by atomic mass is 10.3. The maximum atomic E-state index is 12.1. The third kappa shape index (κ3) is 3.24. The Hall–Kier alpha value is -1.15. The van der Waals surface area contributed by atoms with Gasteiger partial charge in [0.2, 0.25) is 10.0 Å². The SMILES string of the molecule is Cc1ncsc1CNS(=O)(=O)c1ccc(Cl)c(N)c1. The van der Waals surface area contributed by atoms with Crippen molar-refractivity contribution in [3.05, 3.63) is 39.3 Å². The summed E-state index contributed by atoms with van der Waals surface area (Å²) >= 11 is 7.17. The van der Waals surface area contributed by atoms with Gasteiger partial charge in [-0.1, -0.05) is 11.6 Å². The molecule has 0 saturated carbocycles. The van der Waals surface area contributed by atoms with Crippen molar-refractivity contribution in [1.29, 1.82) is 0 Å². The molecule has 0 unspecified atom stereocenters. The normalized spacial score (nSPS) is 11.7. The second-order valence-electron chi connectivity index (χ2n) is 3.87. The number of aryl methyl sites for hydroxylation is 1. The van der Waals surface area contributed by atoms with Crippen molar-refractivity contribution in [1.82, 2.24) is 9.71 Å². The van der Waals surface area contributed by atoms with Gasteiger partial charge < -0.3 is 5.73 Å². The van der Waals surface area contributed by atoms with E-state index in [0.29, 0.717) is 5.02 Å². The van der Waals surface area contributed by atoms with Crippen molar-refractivity contribution < 1.29 is 8.42 Å². The summed E-state index contributed by atoms with van der Waals surface area (Å²) in [6.45, 7) is 2.04. The first-order valence-electron chi connectivity index (χ1n) is 5.34. The average Bonchev–Trinajstić information content (AvgIpc) is 2.76. The number of nitrogen functional groups attached to an aromatic ring is 1. The van der Waals surface area contributed by atoms with Gasteiger partial charge in [-0.2, -0.15) is 0 Å². The van der Waals surface area contributed by atoms with Crippen molar-refractivity contribution in [3.63, 3.8) is 0 Å². The summed E-state index contributed by atoms with van der Waals surface area (Å²) < 4.78 is 26.7. The Morgan fingerprint density at radius 1 is 1.47 bits per heavy atom. The lowest BCUT2D eigenvalue weighted by Gasteiger charge is -2.07. The van der Waals surface area contributed by atoms with Crippen LogP contribution in [0.3, 0.4) is 0 Å². The largest absolute Gasteiger partial charge is 0.397 e. The Labute approximate surface area is 120 Å². The summed E-state index contributed by atoms with van der Waals surface area (Å²) in [5.41, 5.74) is 8.34. The standard InChI is InChI=1S/C11H12ClN3O2S2/c1-7-11(18-6-14-7)5-15-19(16,17)8-2-3-9(12)10(13)4-8/h2-4,6,15H,5,13H2,1H3. The molecule has 0 amide bonds. The average molecular weight is 318 g/mol. The molecular formula is C11H12ClN3O2S2. The molecule has 102 valence electrons. The van der Waals surface area contributed by atoms with Crippen molar-refractivity contribution >= 4 is 38.6 Å². The molecule has 0 aliphatic rings. The molecule has 0 saturated heterocycles. The Balaban J connectivity index is 2.18. The number of thiazole rings is 1. The number of rotatable bonds is 4. The van der Waals surface area contributed by atoms with E-state index in [1.54, 1.807) is 5.51 Å². The number of hydrogen-bond acceptors (Lipinski definition) is 5. The van der Waals surface area contributed by atoms with E-state index in [4.69, 9.17) is 17.3 Å². The molecule has 0 atom stereocenters. The molecule has 2 aromatic rings. The van der Waals surface area contributed by atoms with Crippen LogP contribution in [0, 0.1) is 6.92 Å². The zero-order valence-electron chi connectivity index (χ0n) is 10.1. The zero-order valence-corrected chi connectivity index (χ0v) is 12.4. The van der Waals surface area contributed by atoms with Crippen LogP contribution in [0.5, 0.6) is 0 Å². The van der Waals surface area contributed by atoms with Crippen molar-refractivity contribution in [3.8, 4) is 0 Å². The minimum absolute atomic E-state index is 0.0940. The maximum absolute atomic E-state index is 12.1. The Morgan fingerprint density at radius 3 is 2.79 bits per heavy atom. The predicted octanol–water partition coefficient (Wildman–Crippen LogP) is 2.17. The highest BCUT2D eigenvalue weighted by Gasteiger charge is 2.15. The van der Waals surface area contributed by atoms with Crippen LogP contribution < -0.4 is 10.5 Å². The number of nitrogens with two attached hydrogens (primary N) is 1. The fourth-order valence-electron chi connectivity index (χ4n) is 1.43. The van der Waals surface area contributed by atoms with E-state index in [-0.39, 0.29) is 17.1 Å². The summed E-state index contributed by atoms with van der Waals surface area (Å²) in [6, 6.07) is 4.22. The van der Waals surface area contributed by atoms with E-state index < -0.39 is 10.0 Å². The van der Waals surface area contributed by atoms with Crippen LogP contribution in [0.2, 0.25) is 5.02 Å². The molecule has 0 bridgehead atoms. The fourth-order valence-corrected chi connectivity index (χ4v) is 3.38. The van der Waals surface area contributed by atoms with E-state index in [9.17, 15) is 8.42 Å². The van der Waals surface area contributed by atoms with Crippen LogP contribution in [-0.4, -0.2) is 13.4 Å². The number of benzene rings is 1. The molecular weight excluding hydrogens is 306 g/mol. The molecule has 1 heterocycles. The van der Waals surface area contributed by atoms with Gasteiger partial charge in [-0.25, -0.2) is 18.1 Å². The van der Waals surface area contributed by atoms with Crippen LogP contribution in [0.25, 0.3) is 0 Å². The first-order valence-corrected chi connectivity index (χ1v) is 8.08. The predicted molar refractivity (Wildman–Crippen MR) is 76.7 cm³/mol. The van der Waals surface area contributed by atoms with Crippen LogP contribution in [0.4, 0.5) is 5.69 Å². The number of anilines is 1. The zero-order chi connectivity index (χ0) is 14.0. The number of sulfonamides is 1. The third-order valence-corrected chi connectivity index (χ3v) is 5.22. The summed E-state index contributed by atoms with van der Waals surface area (Å²) in [4.78, 5) is 5.04. The quantitative estimate of drug-likeness (QED) is 0.846. The molecule has 19 heavy (non-hydrogen) atoms. The summed E-state index contributed by atoms with van der Waals surface area (Å²) in [5, 5.41) is 0.331. The first kappa shape index (κ1) is 14.3. The molecule has 0 spiro atoms. The van der Waals surface area contributed by atoms with Crippen LogP contribution >= 0.6 is 22.9 Å². The van der Waals surface area contributed by atoms with Crippen LogP contribution in [0.1, 0.15) is 10.6 Å². The van der Waals surface area contributed by atoms with Gasteiger partial charge in [0.25, 0.3) is 0 Å². The fraction of sp³-hybridized carbons (Fsp3) is 0.182. The third-order valence-electron chi connectivity index (χ3n) is 2.55. The minimum Gasteiger partial charge on any atom is -0.397 e. The highest BCUT2D eigenvalue weighted by Crippen LogP contribution is 2.22. The summed E-state index contributed by atoms with van der Waals surface area (Å²) in [7, 11) is -3.60. The molecule has 0 radical (unpaired) electrons. The first-order chi connectivity index (χ1) is 8.90. The number of nitrogens with zero attached hydrogens (tertiary/aromatic N) is 1. The second kappa shape index (κ2) is 5.46. The van der Waals surface area contributed by atoms with Gasteiger partial charge in [-0.05, 0) is 25.1 Å². The molecule has 0 fully saturated rings. The molecule has 5 nitrogen and oxygen atoms in total. The van der Waals surface area contributed by atoms with Crippen molar-refractivity contribution in [2.45, 2.75) is 18.4 Å². The molecule has 0 aliphatic carbocycles. The van der Waals surface area contributed by atoms with E-state index in [2.05, 4.69) is 9.71 Å². The molecule has 0 aliphatic heterocycles. The van der Waals surface area contributed by atoms with Gasteiger partial charge in [-0.15, -0.1) is 11.3 Å². The highest BCUT2D eigenvalue weighted by atomic mass is 35.5. The van der Waals surface area contributed by atoms with E-state index in [1.807, 2.05) is 6.92 Å². The van der Waals surface area contributed by atoms with Gasteiger partial charge in [0.1, 0.15) is 0 Å². The van der Waals surface area contributed by atoms with E-state index >= 15 is 0 Å². The van der Waals surface area contributed by atoms with Gasteiger partial charge in [-0.3, -0.25) is 0 Å². The Bertz CT molecular complexity index is 698. The number of hydrogen-bond donors (Lipinski definition) is 2. The van der Waals surface area contributed by atoms with Crippen LogP contribution in [-0.2, 0) is 16.6 Å². The second-order valence-corrected chi connectivity index (χ2v) is 6.98. The lowest BCUT2D eigenvalue weighted by molar-refractivity contribution is 0.581. The molecule has 1 aromatic carbocycles. The molecule has 2 rings (SSSR count). The summed E-state index contributed by atoms with van der Waals surface area (Å²) in [6.07, 6.45) is 0. The topological polar surface area (TPSA) is 85.1 Å². The van der Waals surface area contributed by atoms with Gasteiger partial charge >= 0.3 is 0 Å². The molecule has 3 N–H and O–H groups in total. The van der Waals surface area contributed by atoms with Crippen molar-refractivity contribution in [2.24, 2.45) is 0 Å². The smallest absolute Gasteiger partial charge is 0.240 e. The van der Waals surface area contributed by atoms with E-state index in [0.717, 1.165) is 10.6 Å². The van der Waals surface area contributed by atoms with Gasteiger partial charge in [0.05, 0.1) is 26.8 Å². The lowest BCUT2D eigenvalue weighted by Crippen LogP contribution is -2.23. The Kier molecular flexibility index (Phi) is 4.10. The number of aromatic nitrogens is 1. The maximum Gasteiger partial charge on any atom is 0.240 e. The van der Waals surface area contributed by atoms with E-state index in [1.165, 1.54) is 29.5 Å². The number of halogens is 1. The minimum atomic E-state index is -3.60. The highest BCUT2D eigenvalue weighted by molar-refractivity contribution is 7.89. The molecule has 1 aromatic heterocycles.